The zero-order valence-corrected chi connectivity index (χ0v) is 14.8. The lowest BCUT2D eigenvalue weighted by molar-refractivity contribution is -0.135. The van der Waals surface area contributed by atoms with E-state index < -0.39 is 17.1 Å². The first-order valence-corrected chi connectivity index (χ1v) is 8.80. The molecular formula is C20H26O4. The molecule has 2 aliphatic rings. The van der Waals surface area contributed by atoms with E-state index in [1.165, 1.54) is 6.08 Å². The smallest absolute Gasteiger partial charge is 0.196 e. The Morgan fingerprint density at radius 1 is 1.29 bits per heavy atom. The maximum atomic E-state index is 12.6. The van der Waals surface area contributed by atoms with Gasteiger partial charge in [-0.1, -0.05) is 40.2 Å². The van der Waals surface area contributed by atoms with Crippen molar-refractivity contribution in [2.24, 2.45) is 5.92 Å². The van der Waals surface area contributed by atoms with E-state index >= 15 is 0 Å². The minimum Gasteiger partial charge on any atom is -0.504 e. The van der Waals surface area contributed by atoms with Crippen molar-refractivity contribution in [2.75, 3.05) is 0 Å². The molecule has 0 bridgehead atoms. The molecule has 1 aliphatic carbocycles. The summed E-state index contributed by atoms with van der Waals surface area (Å²) in [4.78, 5) is 12.6. The van der Waals surface area contributed by atoms with Gasteiger partial charge >= 0.3 is 0 Å². The summed E-state index contributed by atoms with van der Waals surface area (Å²) in [6.07, 6.45) is 4.46. The molecule has 4 nitrogen and oxygen atoms in total. The van der Waals surface area contributed by atoms with Crippen molar-refractivity contribution < 1.29 is 19.7 Å². The molecule has 2 unspecified atom stereocenters. The number of benzene rings is 1. The molecule has 4 heteroatoms. The van der Waals surface area contributed by atoms with Gasteiger partial charge in [-0.05, 0) is 42.5 Å². The van der Waals surface area contributed by atoms with E-state index in [1.807, 2.05) is 33.8 Å². The molecular weight excluding hydrogens is 304 g/mol. The number of carbonyl (C=O) groups is 1. The molecule has 130 valence electrons. The monoisotopic (exact) mass is 330 g/mol. The molecule has 1 heterocycles. The van der Waals surface area contributed by atoms with Crippen molar-refractivity contribution in [3.05, 3.63) is 35.4 Å². The number of rotatable bonds is 4. The zero-order chi connectivity index (χ0) is 17.7. The van der Waals surface area contributed by atoms with Crippen molar-refractivity contribution in [1.29, 1.82) is 0 Å². The SMILES string of the molecule is CCCC12c3c(CC)ccc(O)c3O[C@H]1C(=O)C=CC2(O)C(C)C. The second kappa shape index (κ2) is 5.62. The molecule has 1 aromatic carbocycles. The summed E-state index contributed by atoms with van der Waals surface area (Å²) < 4.78 is 5.99. The molecule has 0 amide bonds. The molecule has 0 spiro atoms. The molecule has 1 aromatic rings. The van der Waals surface area contributed by atoms with Gasteiger partial charge in [0.1, 0.15) is 0 Å². The number of ether oxygens (including phenoxy) is 1. The number of aryl methyl sites for hydroxylation is 1. The van der Waals surface area contributed by atoms with Crippen LogP contribution >= 0.6 is 0 Å². The van der Waals surface area contributed by atoms with Gasteiger partial charge in [-0.15, -0.1) is 0 Å². The third-order valence-corrected chi connectivity index (χ3v) is 5.73. The molecule has 0 radical (unpaired) electrons. The van der Waals surface area contributed by atoms with Gasteiger partial charge in [0.05, 0.1) is 11.0 Å². The average Bonchev–Trinajstić information content (AvgIpc) is 2.91. The van der Waals surface area contributed by atoms with Crippen LogP contribution in [0.25, 0.3) is 0 Å². The zero-order valence-electron chi connectivity index (χ0n) is 14.8. The van der Waals surface area contributed by atoms with Gasteiger partial charge in [0, 0.05) is 5.56 Å². The second-order valence-electron chi connectivity index (χ2n) is 7.24. The number of fused-ring (bicyclic) bond motifs is 3. The fourth-order valence-corrected chi connectivity index (χ4v) is 4.58. The number of aromatic hydroxyl groups is 1. The van der Waals surface area contributed by atoms with Crippen molar-refractivity contribution in [3.8, 4) is 11.5 Å². The number of hydrogen-bond donors (Lipinski definition) is 2. The highest BCUT2D eigenvalue weighted by atomic mass is 16.5. The molecule has 0 saturated carbocycles. The van der Waals surface area contributed by atoms with Gasteiger partial charge in [-0.25, -0.2) is 0 Å². The Bertz CT molecular complexity index is 706. The van der Waals surface area contributed by atoms with Crippen LogP contribution in [-0.2, 0) is 16.6 Å². The van der Waals surface area contributed by atoms with Gasteiger partial charge in [0.25, 0.3) is 0 Å². The van der Waals surface area contributed by atoms with E-state index in [-0.39, 0.29) is 17.5 Å². The number of hydrogen-bond acceptors (Lipinski definition) is 4. The van der Waals surface area contributed by atoms with Crippen LogP contribution in [0.1, 0.15) is 51.7 Å². The predicted octanol–water partition coefficient (Wildman–Crippen LogP) is 3.28. The quantitative estimate of drug-likeness (QED) is 0.889. The molecule has 3 rings (SSSR count). The Balaban J connectivity index is 2.40. The molecule has 0 aromatic heterocycles. The van der Waals surface area contributed by atoms with Crippen LogP contribution in [0.15, 0.2) is 24.3 Å². The summed E-state index contributed by atoms with van der Waals surface area (Å²) in [7, 11) is 0. The van der Waals surface area contributed by atoms with Crippen LogP contribution in [0.3, 0.4) is 0 Å². The van der Waals surface area contributed by atoms with Crippen molar-refractivity contribution >= 4 is 5.78 Å². The third kappa shape index (κ3) is 1.92. The standard InChI is InChI=1S/C20H26O4/c1-5-10-19-16-13(6-2)7-8-14(21)17(16)24-18(19)15(22)9-11-20(19,23)12(3)4/h7-9,11-12,18,21,23H,5-6,10H2,1-4H3/t18-,19?,20?/m0/s1. The molecule has 1 aliphatic heterocycles. The minimum atomic E-state index is -1.20. The Morgan fingerprint density at radius 2 is 2.00 bits per heavy atom. The number of phenols is 1. The van der Waals surface area contributed by atoms with Crippen LogP contribution in [0.5, 0.6) is 11.5 Å². The fraction of sp³-hybridized carbons (Fsp3) is 0.550. The Hall–Kier alpha value is -1.81. The summed E-state index contributed by atoms with van der Waals surface area (Å²) in [5.41, 5.74) is -0.238. The summed E-state index contributed by atoms with van der Waals surface area (Å²) >= 11 is 0. The highest BCUT2D eigenvalue weighted by Crippen LogP contribution is 2.59. The molecule has 24 heavy (non-hydrogen) atoms. The molecule has 3 atom stereocenters. The summed E-state index contributed by atoms with van der Waals surface area (Å²) in [5, 5.41) is 22.0. The average molecular weight is 330 g/mol. The molecule has 2 N–H and O–H groups in total. The first kappa shape index (κ1) is 17.0. The van der Waals surface area contributed by atoms with Crippen LogP contribution < -0.4 is 4.74 Å². The van der Waals surface area contributed by atoms with E-state index in [0.717, 1.165) is 24.0 Å². The van der Waals surface area contributed by atoms with Gasteiger partial charge in [0.2, 0.25) is 0 Å². The Labute approximate surface area is 143 Å². The lowest BCUT2D eigenvalue weighted by Gasteiger charge is -2.50. The number of carbonyl (C=O) groups excluding carboxylic acids is 1. The molecule has 0 fully saturated rings. The largest absolute Gasteiger partial charge is 0.504 e. The van der Waals surface area contributed by atoms with Crippen molar-refractivity contribution in [1.82, 2.24) is 0 Å². The predicted molar refractivity (Wildman–Crippen MR) is 92.4 cm³/mol. The number of phenolic OH excluding ortho intramolecular Hbond substituents is 1. The third-order valence-electron chi connectivity index (χ3n) is 5.73. The van der Waals surface area contributed by atoms with Crippen molar-refractivity contribution in [2.45, 2.75) is 64.1 Å². The summed E-state index contributed by atoms with van der Waals surface area (Å²) in [6, 6.07) is 3.49. The fourth-order valence-electron chi connectivity index (χ4n) is 4.58. The van der Waals surface area contributed by atoms with Gasteiger partial charge in [-0.2, -0.15) is 0 Å². The highest BCUT2D eigenvalue weighted by Gasteiger charge is 2.65. The van der Waals surface area contributed by atoms with Crippen LogP contribution in [-0.4, -0.2) is 27.7 Å². The van der Waals surface area contributed by atoms with E-state index in [4.69, 9.17) is 4.74 Å². The lowest BCUT2D eigenvalue weighted by Crippen LogP contribution is -2.63. The van der Waals surface area contributed by atoms with Gasteiger partial charge < -0.3 is 14.9 Å². The van der Waals surface area contributed by atoms with Crippen LogP contribution in [0, 0.1) is 5.92 Å². The Morgan fingerprint density at radius 3 is 2.58 bits per heavy atom. The summed E-state index contributed by atoms with van der Waals surface area (Å²) in [5.74, 6) is 0.152. The summed E-state index contributed by atoms with van der Waals surface area (Å²) in [6.45, 7) is 8.00. The second-order valence-corrected chi connectivity index (χ2v) is 7.24. The van der Waals surface area contributed by atoms with Gasteiger partial charge in [0.15, 0.2) is 23.4 Å². The lowest BCUT2D eigenvalue weighted by atomic mass is 9.55. The maximum Gasteiger partial charge on any atom is 0.196 e. The van der Waals surface area contributed by atoms with Crippen molar-refractivity contribution in [3.63, 3.8) is 0 Å². The minimum absolute atomic E-state index is 0.0333. The van der Waals surface area contributed by atoms with Crippen LogP contribution in [0.4, 0.5) is 0 Å². The maximum absolute atomic E-state index is 12.6. The number of ketones is 1. The highest BCUT2D eigenvalue weighted by molar-refractivity contribution is 5.98. The molecule has 0 saturated heterocycles. The topological polar surface area (TPSA) is 66.8 Å². The first-order chi connectivity index (χ1) is 11.3. The van der Waals surface area contributed by atoms with E-state index in [1.54, 1.807) is 12.1 Å². The van der Waals surface area contributed by atoms with E-state index in [9.17, 15) is 15.0 Å². The normalized spacial score (nSPS) is 31.1. The van der Waals surface area contributed by atoms with Crippen LogP contribution in [0.2, 0.25) is 0 Å². The van der Waals surface area contributed by atoms with E-state index in [2.05, 4.69) is 0 Å². The van der Waals surface area contributed by atoms with E-state index in [0.29, 0.717) is 12.2 Å². The number of aliphatic hydroxyl groups is 1. The Kier molecular flexibility index (Phi) is 3.99. The first-order valence-electron chi connectivity index (χ1n) is 8.80. The van der Waals surface area contributed by atoms with Gasteiger partial charge in [-0.3, -0.25) is 4.79 Å².